The summed E-state index contributed by atoms with van der Waals surface area (Å²) >= 11 is 0. The number of ether oxygens (including phenoxy) is 1. The molecule has 1 aromatic carbocycles. The SMILES string of the molecule is CCN(CC)c1ccc(N(CC(=O)NCCCOC)C(C)=O)cc1. The molecular weight excluding hydrogens is 306 g/mol. The summed E-state index contributed by atoms with van der Waals surface area (Å²) in [6.45, 7) is 8.69. The van der Waals surface area contributed by atoms with E-state index in [1.807, 2.05) is 24.3 Å². The van der Waals surface area contributed by atoms with E-state index in [1.165, 1.54) is 11.8 Å². The van der Waals surface area contributed by atoms with Crippen LogP contribution in [0.1, 0.15) is 27.2 Å². The standard InChI is InChI=1S/C18H29N3O3/c1-5-20(6-2)16-8-10-17(11-9-16)21(15(3)22)14-18(23)19-12-7-13-24-4/h8-11H,5-7,12-14H2,1-4H3,(H,19,23). The Morgan fingerprint density at radius 3 is 2.17 bits per heavy atom. The predicted octanol–water partition coefficient (Wildman–Crippen LogP) is 2.04. The Balaban J connectivity index is 2.71. The third-order valence-corrected chi connectivity index (χ3v) is 3.82. The highest BCUT2D eigenvalue weighted by atomic mass is 16.5. The first-order chi connectivity index (χ1) is 11.5. The summed E-state index contributed by atoms with van der Waals surface area (Å²) in [5.74, 6) is -0.327. The van der Waals surface area contributed by atoms with Gasteiger partial charge in [-0.05, 0) is 44.5 Å². The van der Waals surface area contributed by atoms with Gasteiger partial charge in [-0.2, -0.15) is 0 Å². The van der Waals surface area contributed by atoms with E-state index in [0.717, 1.165) is 30.9 Å². The molecule has 0 aliphatic heterocycles. The first-order valence-corrected chi connectivity index (χ1v) is 8.42. The average molecular weight is 335 g/mol. The number of nitrogens with zero attached hydrogens (tertiary/aromatic N) is 2. The van der Waals surface area contributed by atoms with Crippen molar-refractivity contribution in [1.82, 2.24) is 5.32 Å². The topological polar surface area (TPSA) is 61.9 Å². The van der Waals surface area contributed by atoms with Crippen molar-refractivity contribution in [2.75, 3.05) is 49.7 Å². The summed E-state index contributed by atoms with van der Waals surface area (Å²) in [6.07, 6.45) is 0.751. The van der Waals surface area contributed by atoms with Crippen molar-refractivity contribution in [3.8, 4) is 0 Å². The number of hydrogen-bond donors (Lipinski definition) is 1. The van der Waals surface area contributed by atoms with E-state index in [-0.39, 0.29) is 18.4 Å². The number of amides is 2. The molecule has 0 fully saturated rings. The molecular formula is C18H29N3O3. The van der Waals surface area contributed by atoms with Crippen LogP contribution in [-0.2, 0) is 14.3 Å². The minimum atomic E-state index is -0.172. The highest BCUT2D eigenvalue weighted by Crippen LogP contribution is 2.20. The molecule has 0 atom stereocenters. The van der Waals surface area contributed by atoms with Crippen molar-refractivity contribution in [2.45, 2.75) is 27.2 Å². The molecule has 0 aromatic heterocycles. The fraction of sp³-hybridized carbons (Fsp3) is 0.556. The van der Waals surface area contributed by atoms with Crippen LogP contribution < -0.4 is 15.1 Å². The second-order valence-corrected chi connectivity index (χ2v) is 5.49. The number of methoxy groups -OCH3 is 1. The second-order valence-electron chi connectivity index (χ2n) is 5.49. The van der Waals surface area contributed by atoms with Gasteiger partial charge in [0.25, 0.3) is 0 Å². The number of hydrogen-bond acceptors (Lipinski definition) is 4. The van der Waals surface area contributed by atoms with Crippen LogP contribution in [0.3, 0.4) is 0 Å². The molecule has 0 spiro atoms. The van der Waals surface area contributed by atoms with Gasteiger partial charge in [0.1, 0.15) is 6.54 Å². The average Bonchev–Trinajstić information content (AvgIpc) is 2.58. The van der Waals surface area contributed by atoms with Gasteiger partial charge in [0.15, 0.2) is 0 Å². The third-order valence-electron chi connectivity index (χ3n) is 3.82. The van der Waals surface area contributed by atoms with E-state index in [4.69, 9.17) is 4.74 Å². The van der Waals surface area contributed by atoms with Crippen molar-refractivity contribution in [2.24, 2.45) is 0 Å². The summed E-state index contributed by atoms with van der Waals surface area (Å²) in [4.78, 5) is 27.6. The van der Waals surface area contributed by atoms with Gasteiger partial charge in [-0.3, -0.25) is 9.59 Å². The maximum absolute atomic E-state index is 12.0. The molecule has 0 saturated heterocycles. The molecule has 2 amide bonds. The lowest BCUT2D eigenvalue weighted by Gasteiger charge is -2.24. The largest absolute Gasteiger partial charge is 0.385 e. The summed E-state index contributed by atoms with van der Waals surface area (Å²) in [7, 11) is 1.63. The van der Waals surface area contributed by atoms with Crippen molar-refractivity contribution >= 4 is 23.2 Å². The minimum absolute atomic E-state index is 0.0208. The van der Waals surface area contributed by atoms with Crippen LogP contribution >= 0.6 is 0 Å². The number of benzene rings is 1. The zero-order valence-electron chi connectivity index (χ0n) is 15.2. The lowest BCUT2D eigenvalue weighted by atomic mass is 10.2. The van der Waals surface area contributed by atoms with Crippen LogP contribution in [0.5, 0.6) is 0 Å². The van der Waals surface area contributed by atoms with Gasteiger partial charge in [-0.1, -0.05) is 0 Å². The molecule has 24 heavy (non-hydrogen) atoms. The molecule has 0 aliphatic rings. The van der Waals surface area contributed by atoms with Gasteiger partial charge >= 0.3 is 0 Å². The summed E-state index contributed by atoms with van der Waals surface area (Å²) < 4.78 is 4.94. The van der Waals surface area contributed by atoms with Crippen LogP contribution in [-0.4, -0.2) is 51.7 Å². The molecule has 0 radical (unpaired) electrons. The molecule has 6 heteroatoms. The van der Waals surface area contributed by atoms with Crippen LogP contribution in [0, 0.1) is 0 Å². The number of nitrogens with one attached hydrogen (secondary N) is 1. The lowest BCUT2D eigenvalue weighted by Crippen LogP contribution is -2.40. The number of carbonyl (C=O) groups excluding carboxylic acids is 2. The predicted molar refractivity (Wildman–Crippen MR) is 97.5 cm³/mol. The van der Waals surface area contributed by atoms with Crippen LogP contribution in [0.4, 0.5) is 11.4 Å². The smallest absolute Gasteiger partial charge is 0.240 e. The van der Waals surface area contributed by atoms with E-state index < -0.39 is 0 Å². The Bertz CT molecular complexity index is 513. The molecule has 1 rings (SSSR count). The highest BCUT2D eigenvalue weighted by molar-refractivity contribution is 5.97. The Morgan fingerprint density at radius 1 is 1.08 bits per heavy atom. The van der Waals surface area contributed by atoms with E-state index in [0.29, 0.717) is 13.2 Å². The van der Waals surface area contributed by atoms with Crippen molar-refractivity contribution in [1.29, 1.82) is 0 Å². The fourth-order valence-corrected chi connectivity index (χ4v) is 2.46. The summed E-state index contributed by atoms with van der Waals surface area (Å²) in [5, 5.41) is 2.80. The number of rotatable bonds is 10. The monoisotopic (exact) mass is 335 g/mol. The number of carbonyl (C=O) groups is 2. The lowest BCUT2D eigenvalue weighted by molar-refractivity contribution is -0.123. The molecule has 6 nitrogen and oxygen atoms in total. The third kappa shape index (κ3) is 6.20. The first-order valence-electron chi connectivity index (χ1n) is 8.42. The molecule has 0 heterocycles. The Kier molecular flexibility index (Phi) is 8.86. The fourth-order valence-electron chi connectivity index (χ4n) is 2.46. The molecule has 1 aromatic rings. The van der Waals surface area contributed by atoms with Crippen LogP contribution in [0.25, 0.3) is 0 Å². The summed E-state index contributed by atoms with van der Waals surface area (Å²) in [5.41, 5.74) is 1.83. The van der Waals surface area contributed by atoms with E-state index in [1.54, 1.807) is 7.11 Å². The Labute approximate surface area is 144 Å². The van der Waals surface area contributed by atoms with Crippen molar-refractivity contribution in [3.63, 3.8) is 0 Å². The van der Waals surface area contributed by atoms with Gasteiger partial charge in [-0.25, -0.2) is 0 Å². The highest BCUT2D eigenvalue weighted by Gasteiger charge is 2.16. The van der Waals surface area contributed by atoms with Crippen molar-refractivity contribution < 1.29 is 14.3 Å². The van der Waals surface area contributed by atoms with Gasteiger partial charge in [0.2, 0.25) is 11.8 Å². The molecule has 134 valence electrons. The van der Waals surface area contributed by atoms with Gasteiger partial charge in [0.05, 0.1) is 0 Å². The van der Waals surface area contributed by atoms with Crippen LogP contribution in [0.15, 0.2) is 24.3 Å². The molecule has 0 aliphatic carbocycles. The van der Waals surface area contributed by atoms with E-state index in [9.17, 15) is 9.59 Å². The maximum Gasteiger partial charge on any atom is 0.240 e. The second kappa shape index (κ2) is 10.6. The molecule has 0 bridgehead atoms. The number of anilines is 2. The molecule has 1 N–H and O–H groups in total. The van der Waals surface area contributed by atoms with Gasteiger partial charge < -0.3 is 19.9 Å². The Hall–Kier alpha value is -2.08. The maximum atomic E-state index is 12.0. The van der Waals surface area contributed by atoms with E-state index in [2.05, 4.69) is 24.1 Å². The zero-order valence-corrected chi connectivity index (χ0v) is 15.2. The quantitative estimate of drug-likeness (QED) is 0.665. The van der Waals surface area contributed by atoms with E-state index >= 15 is 0 Å². The molecule has 0 saturated carbocycles. The first kappa shape index (κ1) is 20.0. The van der Waals surface area contributed by atoms with Crippen LogP contribution in [0.2, 0.25) is 0 Å². The van der Waals surface area contributed by atoms with Gasteiger partial charge in [-0.15, -0.1) is 0 Å². The minimum Gasteiger partial charge on any atom is -0.385 e. The van der Waals surface area contributed by atoms with Crippen molar-refractivity contribution in [3.05, 3.63) is 24.3 Å². The zero-order chi connectivity index (χ0) is 17.9. The summed E-state index contributed by atoms with van der Waals surface area (Å²) in [6, 6.07) is 7.73. The normalized spacial score (nSPS) is 10.3. The Morgan fingerprint density at radius 2 is 1.67 bits per heavy atom. The molecule has 0 unspecified atom stereocenters. The van der Waals surface area contributed by atoms with Gasteiger partial charge in [0, 0.05) is 51.6 Å².